The first-order chi connectivity index (χ1) is 11.0. The molecule has 0 radical (unpaired) electrons. The van der Waals surface area contributed by atoms with Crippen LogP contribution in [0.15, 0.2) is 6.08 Å². The van der Waals surface area contributed by atoms with Gasteiger partial charge in [0, 0.05) is 12.8 Å². The Morgan fingerprint density at radius 3 is 2.70 bits per heavy atom. The molecule has 7 nitrogen and oxygen atoms in total. The minimum absolute atomic E-state index is 0.0631. The third-order valence-corrected chi connectivity index (χ3v) is 5.42. The number of hydrogen-bond donors (Lipinski definition) is 0. The van der Waals surface area contributed by atoms with Crippen LogP contribution in [0.25, 0.3) is 5.57 Å². The van der Waals surface area contributed by atoms with E-state index in [2.05, 4.69) is 4.74 Å². The van der Waals surface area contributed by atoms with Gasteiger partial charge in [0.15, 0.2) is 11.4 Å². The number of nitro groups is 1. The highest BCUT2D eigenvalue weighted by Crippen LogP contribution is 2.47. The van der Waals surface area contributed by atoms with Gasteiger partial charge in [-0.25, -0.2) is 4.79 Å². The summed E-state index contributed by atoms with van der Waals surface area (Å²) in [7, 11) is 1.16. The van der Waals surface area contributed by atoms with Crippen LogP contribution < -0.4 is 0 Å². The summed E-state index contributed by atoms with van der Waals surface area (Å²) in [6.45, 7) is 1.11. The number of allylic oxidation sites excluding steroid dienone is 1. The smallest absolute Gasteiger partial charge is 0.347 e. The minimum atomic E-state index is -0.806. The molecule has 1 fully saturated rings. The van der Waals surface area contributed by atoms with Crippen molar-refractivity contribution in [3.05, 3.63) is 31.0 Å². The van der Waals surface area contributed by atoms with Gasteiger partial charge in [0.05, 0.1) is 25.2 Å². The Balaban J connectivity index is 1.99. The fourth-order valence-corrected chi connectivity index (χ4v) is 4.29. The van der Waals surface area contributed by atoms with Crippen molar-refractivity contribution >= 4 is 40.2 Å². The number of rotatable bonds is 3. The van der Waals surface area contributed by atoms with Gasteiger partial charge in [-0.1, -0.05) is 17.7 Å². The molecule has 0 bridgehead atoms. The molecule has 2 heterocycles. The van der Waals surface area contributed by atoms with E-state index >= 15 is 0 Å². The topological polar surface area (TPSA) is 87.9 Å². The lowest BCUT2D eigenvalue weighted by atomic mass is 9.92. The fraction of sp³-hybridized carbons (Fsp3) is 0.500. The first-order valence-corrected chi connectivity index (χ1v) is 8.19. The van der Waals surface area contributed by atoms with Crippen molar-refractivity contribution in [3.63, 3.8) is 0 Å². The van der Waals surface area contributed by atoms with Gasteiger partial charge in [-0.05, 0) is 12.0 Å². The number of thiophene rings is 1. The van der Waals surface area contributed by atoms with Crippen LogP contribution in [0.1, 0.15) is 34.5 Å². The Morgan fingerprint density at radius 1 is 1.48 bits per heavy atom. The Kier molecular flexibility index (Phi) is 4.41. The van der Waals surface area contributed by atoms with Crippen LogP contribution in [0.5, 0.6) is 0 Å². The van der Waals surface area contributed by atoms with Gasteiger partial charge in [0.2, 0.25) is 0 Å². The zero-order chi connectivity index (χ0) is 16.6. The zero-order valence-electron chi connectivity index (χ0n) is 12.3. The van der Waals surface area contributed by atoms with E-state index in [1.807, 2.05) is 6.08 Å². The molecule has 1 aromatic rings. The summed E-state index contributed by atoms with van der Waals surface area (Å²) < 4.78 is 15.9. The maximum atomic E-state index is 11.8. The van der Waals surface area contributed by atoms with E-state index in [-0.39, 0.29) is 15.6 Å². The SMILES string of the molecule is COC(=O)c1c(Cl)sc(C2=CCC3(CC2)OCCO3)c1[N+](=O)[O-]. The third kappa shape index (κ3) is 2.87. The maximum Gasteiger partial charge on any atom is 0.347 e. The summed E-state index contributed by atoms with van der Waals surface area (Å²) in [6, 6.07) is 0. The van der Waals surface area contributed by atoms with Gasteiger partial charge in [-0.2, -0.15) is 0 Å². The van der Waals surface area contributed by atoms with E-state index in [0.29, 0.717) is 37.4 Å². The van der Waals surface area contributed by atoms with E-state index in [4.69, 9.17) is 21.1 Å². The summed E-state index contributed by atoms with van der Waals surface area (Å²) >= 11 is 7.07. The lowest BCUT2D eigenvalue weighted by Gasteiger charge is -2.30. The van der Waals surface area contributed by atoms with E-state index in [1.165, 1.54) is 0 Å². The minimum Gasteiger partial charge on any atom is -0.465 e. The van der Waals surface area contributed by atoms with Gasteiger partial charge in [0.1, 0.15) is 9.21 Å². The van der Waals surface area contributed by atoms with Crippen LogP contribution in [0, 0.1) is 10.1 Å². The molecular weight excluding hydrogens is 346 g/mol. The number of carbonyl (C=O) groups excluding carboxylic acids is 1. The molecule has 1 aliphatic heterocycles. The average Bonchev–Trinajstić information content (AvgIpc) is 3.12. The highest BCUT2D eigenvalue weighted by atomic mass is 35.5. The molecule has 1 aromatic heterocycles. The van der Waals surface area contributed by atoms with E-state index < -0.39 is 16.7 Å². The van der Waals surface area contributed by atoms with Gasteiger partial charge in [-0.3, -0.25) is 10.1 Å². The first-order valence-electron chi connectivity index (χ1n) is 7.00. The molecular formula is C14H14ClNO6S. The maximum absolute atomic E-state index is 11.8. The van der Waals surface area contributed by atoms with Crippen LogP contribution in [0.2, 0.25) is 4.34 Å². The number of ether oxygens (including phenoxy) is 3. The molecule has 0 aromatic carbocycles. The van der Waals surface area contributed by atoms with Crippen molar-refractivity contribution in [1.29, 1.82) is 0 Å². The average molecular weight is 360 g/mol. The molecule has 0 amide bonds. The third-order valence-electron chi connectivity index (χ3n) is 3.95. The highest BCUT2D eigenvalue weighted by molar-refractivity contribution is 7.18. The van der Waals surface area contributed by atoms with Crippen molar-refractivity contribution in [3.8, 4) is 0 Å². The van der Waals surface area contributed by atoms with E-state index in [9.17, 15) is 14.9 Å². The lowest BCUT2D eigenvalue weighted by Crippen LogP contribution is -2.31. The second-order valence-electron chi connectivity index (χ2n) is 5.22. The Morgan fingerprint density at radius 2 is 2.17 bits per heavy atom. The summed E-state index contributed by atoms with van der Waals surface area (Å²) in [5.74, 6) is -1.41. The van der Waals surface area contributed by atoms with Crippen LogP contribution in [0.4, 0.5) is 5.69 Å². The summed E-state index contributed by atoms with van der Waals surface area (Å²) in [4.78, 5) is 23.0. The first kappa shape index (κ1) is 16.4. The molecule has 0 atom stereocenters. The molecule has 0 saturated carbocycles. The van der Waals surface area contributed by atoms with Crippen LogP contribution >= 0.6 is 22.9 Å². The van der Waals surface area contributed by atoms with Crippen LogP contribution in [-0.2, 0) is 14.2 Å². The number of carbonyl (C=O) groups is 1. The van der Waals surface area contributed by atoms with E-state index in [1.54, 1.807) is 0 Å². The van der Waals surface area contributed by atoms with Crippen LogP contribution in [-0.4, -0.2) is 37.0 Å². The largest absolute Gasteiger partial charge is 0.465 e. The normalized spacial score (nSPS) is 19.7. The lowest BCUT2D eigenvalue weighted by molar-refractivity contribution is -0.385. The Bertz CT molecular complexity index is 692. The molecule has 3 rings (SSSR count). The van der Waals surface area contributed by atoms with Gasteiger partial charge >= 0.3 is 11.7 Å². The number of methoxy groups -OCH3 is 1. The monoisotopic (exact) mass is 359 g/mol. The molecule has 0 N–H and O–H groups in total. The van der Waals surface area contributed by atoms with Gasteiger partial charge in [0.25, 0.3) is 0 Å². The second-order valence-corrected chi connectivity index (χ2v) is 6.84. The molecule has 23 heavy (non-hydrogen) atoms. The van der Waals surface area contributed by atoms with Crippen molar-refractivity contribution in [2.75, 3.05) is 20.3 Å². The van der Waals surface area contributed by atoms with Crippen molar-refractivity contribution in [2.24, 2.45) is 0 Å². The highest BCUT2D eigenvalue weighted by Gasteiger charge is 2.40. The molecule has 1 saturated heterocycles. The molecule has 1 spiro atoms. The summed E-state index contributed by atoms with van der Waals surface area (Å²) in [5.41, 5.74) is 0.305. The van der Waals surface area contributed by atoms with Gasteiger partial charge in [-0.15, -0.1) is 11.3 Å². The molecule has 2 aliphatic rings. The molecule has 0 unspecified atom stereocenters. The predicted octanol–water partition coefficient (Wildman–Crippen LogP) is 3.41. The second kappa shape index (κ2) is 6.20. The summed E-state index contributed by atoms with van der Waals surface area (Å²) in [6.07, 6.45) is 3.55. The summed E-state index contributed by atoms with van der Waals surface area (Å²) in [5, 5.41) is 11.4. The van der Waals surface area contributed by atoms with Crippen molar-refractivity contribution < 1.29 is 23.9 Å². The van der Waals surface area contributed by atoms with Crippen molar-refractivity contribution in [2.45, 2.75) is 25.0 Å². The number of nitrogens with zero attached hydrogens (tertiary/aromatic N) is 1. The molecule has 9 heteroatoms. The number of hydrogen-bond acceptors (Lipinski definition) is 7. The quantitative estimate of drug-likeness (QED) is 0.467. The van der Waals surface area contributed by atoms with Crippen LogP contribution in [0.3, 0.4) is 0 Å². The zero-order valence-corrected chi connectivity index (χ0v) is 13.9. The molecule has 124 valence electrons. The number of esters is 1. The standard InChI is InChI=1S/C14H14ClNO6S/c1-20-13(17)9-10(16(18)19)11(23-12(9)15)8-2-4-14(5-3-8)21-6-7-22-14/h2H,3-7H2,1H3. The fourth-order valence-electron chi connectivity index (χ4n) is 2.84. The van der Waals surface area contributed by atoms with Crippen molar-refractivity contribution in [1.82, 2.24) is 0 Å². The predicted molar refractivity (Wildman–Crippen MR) is 83.8 cm³/mol. The van der Waals surface area contributed by atoms with E-state index in [0.717, 1.165) is 24.0 Å². The number of halogens is 1. The Hall–Kier alpha value is -1.48. The Labute approximate surface area is 140 Å². The van der Waals surface area contributed by atoms with Gasteiger partial charge < -0.3 is 14.2 Å². The molecule has 1 aliphatic carbocycles.